The monoisotopic (exact) mass is 534 g/mol. The Morgan fingerprint density at radius 2 is 1.74 bits per heavy atom. The zero-order valence-corrected chi connectivity index (χ0v) is 21.8. The average Bonchev–Trinajstić information content (AvgIpc) is 3.11. The quantitative estimate of drug-likeness (QED) is 0.316. The van der Waals surface area contributed by atoms with Gasteiger partial charge in [0.1, 0.15) is 0 Å². The van der Waals surface area contributed by atoms with Gasteiger partial charge in [0.2, 0.25) is 5.91 Å². The number of carbonyl (C=O) groups is 3. The standard InChI is InChI=1S/C27H33F3N4O4/c1-19-22(7-5-3-4-6-11-32-12-14-33(15-13-32)24(35)10-16-38-2)26(37)34(25(19)36)21-9-8-20(18-31)23(17-21)27(28,29)30/h8-9,17H,3-7,10-16H2,1-2H3. The highest BCUT2D eigenvalue weighted by Crippen LogP contribution is 2.37. The van der Waals surface area contributed by atoms with Gasteiger partial charge in [0, 0.05) is 44.4 Å². The van der Waals surface area contributed by atoms with Crippen molar-refractivity contribution >= 4 is 23.4 Å². The van der Waals surface area contributed by atoms with Crippen molar-refractivity contribution in [3.8, 4) is 6.07 Å². The number of amides is 3. The number of benzene rings is 1. The third kappa shape index (κ3) is 6.99. The van der Waals surface area contributed by atoms with Crippen molar-refractivity contribution in [3.05, 3.63) is 40.5 Å². The third-order valence-electron chi connectivity index (χ3n) is 7.02. The fraction of sp³-hybridized carbons (Fsp3) is 0.556. The van der Waals surface area contributed by atoms with E-state index in [-0.39, 0.29) is 17.2 Å². The van der Waals surface area contributed by atoms with E-state index in [9.17, 15) is 27.6 Å². The van der Waals surface area contributed by atoms with Crippen molar-refractivity contribution in [1.29, 1.82) is 5.26 Å². The lowest BCUT2D eigenvalue weighted by molar-refractivity contribution is -0.138. The number of unbranched alkanes of at least 4 members (excludes halogenated alkanes) is 3. The molecule has 1 aromatic rings. The number of imide groups is 1. The van der Waals surface area contributed by atoms with Crippen molar-refractivity contribution in [2.45, 2.75) is 51.6 Å². The number of anilines is 1. The number of hydrogen-bond donors (Lipinski definition) is 0. The number of ether oxygens (including phenoxy) is 1. The molecular formula is C27H33F3N4O4. The molecule has 0 spiro atoms. The molecule has 206 valence electrons. The number of piperazine rings is 1. The number of hydrogen-bond acceptors (Lipinski definition) is 6. The van der Waals surface area contributed by atoms with Crippen LogP contribution in [0.1, 0.15) is 56.6 Å². The Kier molecular flexibility index (Phi) is 10.1. The minimum absolute atomic E-state index is 0.120. The van der Waals surface area contributed by atoms with Gasteiger partial charge in [-0.25, -0.2) is 4.90 Å². The molecule has 0 N–H and O–H groups in total. The molecule has 0 saturated carbocycles. The van der Waals surface area contributed by atoms with Crippen molar-refractivity contribution in [2.24, 2.45) is 0 Å². The second-order valence-corrected chi connectivity index (χ2v) is 9.52. The van der Waals surface area contributed by atoms with Crippen LogP contribution in [0.2, 0.25) is 0 Å². The number of nitriles is 1. The molecular weight excluding hydrogens is 501 g/mol. The maximum absolute atomic E-state index is 13.4. The first kappa shape index (κ1) is 29.3. The van der Waals surface area contributed by atoms with E-state index in [1.54, 1.807) is 7.11 Å². The molecule has 0 bridgehead atoms. The summed E-state index contributed by atoms with van der Waals surface area (Å²) in [5.41, 5.74) is -1.37. The number of methoxy groups -OCH3 is 1. The number of rotatable bonds is 11. The van der Waals surface area contributed by atoms with Gasteiger partial charge in [0.15, 0.2) is 0 Å². The summed E-state index contributed by atoms with van der Waals surface area (Å²) >= 11 is 0. The van der Waals surface area contributed by atoms with Crippen molar-refractivity contribution < 1.29 is 32.3 Å². The number of halogens is 3. The molecule has 11 heteroatoms. The molecule has 2 aliphatic rings. The second-order valence-electron chi connectivity index (χ2n) is 9.52. The van der Waals surface area contributed by atoms with E-state index in [0.717, 1.165) is 49.9 Å². The van der Waals surface area contributed by atoms with Crippen LogP contribution in [0.4, 0.5) is 18.9 Å². The molecule has 3 rings (SSSR count). The molecule has 2 heterocycles. The van der Waals surface area contributed by atoms with Gasteiger partial charge in [-0.1, -0.05) is 12.8 Å². The van der Waals surface area contributed by atoms with Gasteiger partial charge < -0.3 is 9.64 Å². The van der Waals surface area contributed by atoms with Gasteiger partial charge in [-0.15, -0.1) is 0 Å². The number of carbonyl (C=O) groups excluding carboxylic acids is 3. The highest BCUT2D eigenvalue weighted by atomic mass is 19.4. The Labute approximate surface area is 220 Å². The number of nitrogens with zero attached hydrogens (tertiary/aromatic N) is 4. The Morgan fingerprint density at radius 1 is 1.05 bits per heavy atom. The van der Waals surface area contributed by atoms with Gasteiger partial charge in [0.25, 0.3) is 11.8 Å². The molecule has 38 heavy (non-hydrogen) atoms. The van der Waals surface area contributed by atoms with E-state index < -0.39 is 29.1 Å². The van der Waals surface area contributed by atoms with Crippen molar-refractivity contribution in [1.82, 2.24) is 9.80 Å². The van der Waals surface area contributed by atoms with Gasteiger partial charge in [-0.3, -0.25) is 19.3 Å². The summed E-state index contributed by atoms with van der Waals surface area (Å²) in [6, 6.07) is 4.34. The maximum Gasteiger partial charge on any atom is 0.417 e. The van der Waals surface area contributed by atoms with E-state index in [1.165, 1.54) is 19.1 Å². The lowest BCUT2D eigenvalue weighted by atomic mass is 10.0. The molecule has 3 amide bonds. The minimum atomic E-state index is -4.78. The zero-order chi connectivity index (χ0) is 27.9. The molecule has 1 fully saturated rings. The lowest BCUT2D eigenvalue weighted by Crippen LogP contribution is -2.49. The first-order valence-corrected chi connectivity index (χ1v) is 12.8. The number of alkyl halides is 3. The Bertz CT molecular complexity index is 1120. The molecule has 1 aromatic carbocycles. The summed E-state index contributed by atoms with van der Waals surface area (Å²) in [7, 11) is 1.58. The SMILES string of the molecule is COCCC(=O)N1CCN(CCCCCCC2=C(C)C(=O)N(c3ccc(C#N)c(C(F)(F)F)c3)C2=O)CC1. The van der Waals surface area contributed by atoms with E-state index >= 15 is 0 Å². The van der Waals surface area contributed by atoms with E-state index in [2.05, 4.69) is 4.90 Å². The van der Waals surface area contributed by atoms with Crippen LogP contribution in [0.3, 0.4) is 0 Å². The summed E-state index contributed by atoms with van der Waals surface area (Å²) in [5.74, 6) is -1.12. The Balaban J connectivity index is 1.44. The van der Waals surface area contributed by atoms with Crippen molar-refractivity contribution in [3.63, 3.8) is 0 Å². The summed E-state index contributed by atoms with van der Waals surface area (Å²) in [4.78, 5) is 42.7. The van der Waals surface area contributed by atoms with Crippen LogP contribution in [-0.2, 0) is 25.3 Å². The van der Waals surface area contributed by atoms with Crippen LogP contribution in [0.15, 0.2) is 29.3 Å². The van der Waals surface area contributed by atoms with E-state index in [4.69, 9.17) is 10.00 Å². The molecule has 0 atom stereocenters. The van der Waals surface area contributed by atoms with Gasteiger partial charge in [0.05, 0.1) is 35.9 Å². The molecule has 0 aromatic heterocycles. The lowest BCUT2D eigenvalue weighted by Gasteiger charge is -2.34. The van der Waals surface area contributed by atoms with Crippen LogP contribution in [0, 0.1) is 11.3 Å². The molecule has 1 saturated heterocycles. The molecule has 2 aliphatic heterocycles. The normalized spacial score (nSPS) is 16.9. The zero-order valence-electron chi connectivity index (χ0n) is 21.8. The summed E-state index contributed by atoms with van der Waals surface area (Å²) in [6.07, 6.45) is -0.563. The van der Waals surface area contributed by atoms with Gasteiger partial charge in [-0.05, 0) is 50.9 Å². The average molecular weight is 535 g/mol. The van der Waals surface area contributed by atoms with E-state index in [1.807, 2.05) is 4.90 Å². The van der Waals surface area contributed by atoms with Gasteiger partial charge in [-0.2, -0.15) is 18.4 Å². The van der Waals surface area contributed by atoms with Crippen LogP contribution in [0.5, 0.6) is 0 Å². The van der Waals surface area contributed by atoms with Crippen LogP contribution >= 0.6 is 0 Å². The predicted octanol–water partition coefficient (Wildman–Crippen LogP) is 3.90. The molecule has 0 radical (unpaired) electrons. The fourth-order valence-electron chi connectivity index (χ4n) is 4.78. The largest absolute Gasteiger partial charge is 0.417 e. The van der Waals surface area contributed by atoms with Crippen LogP contribution < -0.4 is 4.90 Å². The molecule has 0 aliphatic carbocycles. The Hall–Kier alpha value is -3.23. The minimum Gasteiger partial charge on any atom is -0.384 e. The van der Waals surface area contributed by atoms with Crippen molar-refractivity contribution in [2.75, 3.05) is 51.3 Å². The molecule has 8 nitrogen and oxygen atoms in total. The smallest absolute Gasteiger partial charge is 0.384 e. The highest BCUT2D eigenvalue weighted by molar-refractivity contribution is 6.32. The fourth-order valence-corrected chi connectivity index (χ4v) is 4.78. The van der Waals surface area contributed by atoms with Gasteiger partial charge >= 0.3 is 6.18 Å². The first-order chi connectivity index (χ1) is 18.1. The molecule has 0 unspecified atom stereocenters. The second kappa shape index (κ2) is 13.0. The summed E-state index contributed by atoms with van der Waals surface area (Å²) < 4.78 is 45.0. The predicted molar refractivity (Wildman–Crippen MR) is 134 cm³/mol. The van der Waals surface area contributed by atoms with Crippen LogP contribution in [0.25, 0.3) is 0 Å². The van der Waals surface area contributed by atoms with E-state index in [0.29, 0.717) is 50.6 Å². The summed E-state index contributed by atoms with van der Waals surface area (Å²) in [6.45, 7) is 5.97. The van der Waals surface area contributed by atoms with Crippen LogP contribution in [-0.4, -0.2) is 74.0 Å². The third-order valence-corrected chi connectivity index (χ3v) is 7.02. The highest BCUT2D eigenvalue weighted by Gasteiger charge is 2.39. The first-order valence-electron chi connectivity index (χ1n) is 12.8. The maximum atomic E-state index is 13.4. The summed E-state index contributed by atoms with van der Waals surface area (Å²) in [5, 5.41) is 8.99. The topological polar surface area (TPSA) is 93.9 Å². The Morgan fingerprint density at radius 3 is 2.37 bits per heavy atom.